The van der Waals surface area contributed by atoms with Crippen LogP contribution in [0, 0.1) is 11.3 Å². The highest BCUT2D eigenvalue weighted by Gasteiger charge is 2.26. The summed E-state index contributed by atoms with van der Waals surface area (Å²) in [7, 11) is 0. The second kappa shape index (κ2) is 4.76. The Balaban J connectivity index is 4.07. The molecule has 1 nitrogen and oxygen atoms in total. The molecule has 11 heavy (non-hydrogen) atoms. The summed E-state index contributed by atoms with van der Waals surface area (Å²) in [6.45, 7) is 9.92. The maximum Gasteiger partial charge on any atom is -0.00206 e. The summed E-state index contributed by atoms with van der Waals surface area (Å²) in [5.74, 6) is 0.757. The van der Waals surface area contributed by atoms with Gasteiger partial charge in [0.25, 0.3) is 0 Å². The molecule has 2 unspecified atom stereocenters. The summed E-state index contributed by atoms with van der Waals surface area (Å²) in [4.78, 5) is 0. The van der Waals surface area contributed by atoms with Gasteiger partial charge in [-0.3, -0.25) is 0 Å². The molecular weight excluding hydrogens is 134 g/mol. The van der Waals surface area contributed by atoms with Gasteiger partial charge in [0, 0.05) is 0 Å². The molecule has 0 heterocycles. The Kier molecular flexibility index (Phi) is 4.74. The van der Waals surface area contributed by atoms with Crippen molar-refractivity contribution in [2.75, 3.05) is 6.54 Å². The molecule has 0 aromatic heterocycles. The lowest BCUT2D eigenvalue weighted by molar-refractivity contribution is 0.187. The summed E-state index contributed by atoms with van der Waals surface area (Å²) >= 11 is 0. The maximum absolute atomic E-state index is 5.77. The fraction of sp³-hybridized carbons (Fsp3) is 1.00. The van der Waals surface area contributed by atoms with Gasteiger partial charge in [-0.1, -0.05) is 40.5 Å². The Morgan fingerprint density at radius 1 is 1.36 bits per heavy atom. The van der Waals surface area contributed by atoms with E-state index in [1.54, 1.807) is 0 Å². The van der Waals surface area contributed by atoms with Crippen molar-refractivity contribution in [1.29, 1.82) is 0 Å². The predicted molar refractivity (Wildman–Crippen MR) is 51.5 cm³/mol. The van der Waals surface area contributed by atoms with E-state index in [9.17, 15) is 0 Å². The number of hydrogen-bond acceptors (Lipinski definition) is 1. The van der Waals surface area contributed by atoms with Crippen LogP contribution in [0.2, 0.25) is 0 Å². The van der Waals surface area contributed by atoms with E-state index in [-0.39, 0.29) is 0 Å². The maximum atomic E-state index is 5.77. The van der Waals surface area contributed by atoms with E-state index >= 15 is 0 Å². The molecule has 0 saturated carbocycles. The molecule has 1 heteroatoms. The summed E-state index contributed by atoms with van der Waals surface area (Å²) in [5.41, 5.74) is 6.15. The van der Waals surface area contributed by atoms with Crippen LogP contribution < -0.4 is 5.73 Å². The third-order valence-electron chi connectivity index (χ3n) is 3.09. The Bertz CT molecular complexity index is 101. The normalized spacial score (nSPS) is 19.4. The second-order valence-electron chi connectivity index (χ2n) is 3.92. The molecule has 0 radical (unpaired) electrons. The highest BCUT2D eigenvalue weighted by molar-refractivity contribution is 4.79. The minimum atomic E-state index is 0.378. The van der Waals surface area contributed by atoms with Crippen molar-refractivity contribution in [3.8, 4) is 0 Å². The van der Waals surface area contributed by atoms with Gasteiger partial charge in [0.05, 0.1) is 0 Å². The monoisotopic (exact) mass is 157 g/mol. The topological polar surface area (TPSA) is 26.0 Å². The van der Waals surface area contributed by atoms with E-state index in [4.69, 9.17) is 5.73 Å². The summed E-state index contributed by atoms with van der Waals surface area (Å²) in [5, 5.41) is 0. The minimum absolute atomic E-state index is 0.378. The zero-order valence-electron chi connectivity index (χ0n) is 8.48. The fourth-order valence-electron chi connectivity index (χ4n) is 1.61. The highest BCUT2D eigenvalue weighted by atomic mass is 14.6. The molecule has 0 saturated heterocycles. The molecule has 0 aromatic carbocycles. The lowest BCUT2D eigenvalue weighted by Gasteiger charge is -2.33. The van der Waals surface area contributed by atoms with Crippen molar-refractivity contribution in [2.24, 2.45) is 17.1 Å². The zero-order chi connectivity index (χ0) is 8.91. The van der Waals surface area contributed by atoms with Gasteiger partial charge in [-0.05, 0) is 24.3 Å². The van der Waals surface area contributed by atoms with Gasteiger partial charge in [-0.25, -0.2) is 0 Å². The van der Waals surface area contributed by atoms with Crippen molar-refractivity contribution >= 4 is 0 Å². The zero-order valence-corrected chi connectivity index (χ0v) is 8.48. The number of nitrogens with two attached hydrogens (primary N) is 1. The first-order valence-corrected chi connectivity index (χ1v) is 4.80. The van der Waals surface area contributed by atoms with E-state index in [1.807, 2.05) is 0 Å². The van der Waals surface area contributed by atoms with Crippen molar-refractivity contribution in [1.82, 2.24) is 0 Å². The van der Waals surface area contributed by atoms with Gasteiger partial charge in [0.15, 0.2) is 0 Å². The molecule has 0 aromatic rings. The van der Waals surface area contributed by atoms with Crippen LogP contribution in [0.1, 0.15) is 47.0 Å². The van der Waals surface area contributed by atoms with E-state index in [1.165, 1.54) is 19.3 Å². The van der Waals surface area contributed by atoms with Crippen LogP contribution >= 0.6 is 0 Å². The van der Waals surface area contributed by atoms with Crippen molar-refractivity contribution in [3.63, 3.8) is 0 Å². The second-order valence-corrected chi connectivity index (χ2v) is 3.92. The van der Waals surface area contributed by atoms with Crippen LogP contribution in [-0.4, -0.2) is 6.54 Å². The number of hydrogen-bond donors (Lipinski definition) is 1. The average Bonchev–Trinajstić information content (AvgIpc) is 2.03. The smallest absolute Gasteiger partial charge is 0.00206 e. The molecule has 0 aliphatic carbocycles. The molecule has 2 atom stereocenters. The Hall–Kier alpha value is -0.0400. The lowest BCUT2D eigenvalue weighted by Crippen LogP contribution is -2.33. The summed E-state index contributed by atoms with van der Waals surface area (Å²) < 4.78 is 0. The number of rotatable bonds is 5. The molecule has 0 rings (SSSR count). The van der Waals surface area contributed by atoms with Crippen molar-refractivity contribution < 1.29 is 0 Å². The average molecular weight is 157 g/mol. The van der Waals surface area contributed by atoms with Gasteiger partial charge in [-0.15, -0.1) is 0 Å². The van der Waals surface area contributed by atoms with Crippen LogP contribution in [-0.2, 0) is 0 Å². The van der Waals surface area contributed by atoms with E-state index in [0.29, 0.717) is 5.41 Å². The molecule has 0 aliphatic rings. The van der Waals surface area contributed by atoms with Crippen LogP contribution in [0.5, 0.6) is 0 Å². The standard InChI is InChI=1S/C10H23N/c1-5-7-10(4,8-11)9(3)6-2/h9H,5-8,11H2,1-4H3. The largest absolute Gasteiger partial charge is 0.330 e. The first-order valence-electron chi connectivity index (χ1n) is 4.80. The SMILES string of the molecule is CCCC(C)(CN)C(C)CC. The molecule has 2 N–H and O–H groups in total. The summed E-state index contributed by atoms with van der Waals surface area (Å²) in [6, 6.07) is 0. The first-order chi connectivity index (χ1) is 5.10. The van der Waals surface area contributed by atoms with Crippen LogP contribution in [0.25, 0.3) is 0 Å². The molecular formula is C10H23N. The third-order valence-corrected chi connectivity index (χ3v) is 3.09. The third kappa shape index (κ3) is 2.82. The van der Waals surface area contributed by atoms with Crippen LogP contribution in [0.15, 0.2) is 0 Å². The fourth-order valence-corrected chi connectivity index (χ4v) is 1.61. The van der Waals surface area contributed by atoms with Crippen LogP contribution in [0.3, 0.4) is 0 Å². The Labute approximate surface area is 71.4 Å². The van der Waals surface area contributed by atoms with Gasteiger partial charge < -0.3 is 5.73 Å². The van der Waals surface area contributed by atoms with Gasteiger partial charge in [0.2, 0.25) is 0 Å². The van der Waals surface area contributed by atoms with E-state index in [2.05, 4.69) is 27.7 Å². The van der Waals surface area contributed by atoms with Gasteiger partial charge in [-0.2, -0.15) is 0 Å². The Morgan fingerprint density at radius 3 is 2.18 bits per heavy atom. The molecule has 68 valence electrons. The van der Waals surface area contributed by atoms with Gasteiger partial charge >= 0.3 is 0 Å². The highest BCUT2D eigenvalue weighted by Crippen LogP contribution is 2.32. The molecule has 0 amide bonds. The first kappa shape index (κ1) is 11.0. The van der Waals surface area contributed by atoms with E-state index in [0.717, 1.165) is 12.5 Å². The van der Waals surface area contributed by atoms with Crippen molar-refractivity contribution in [3.05, 3.63) is 0 Å². The quantitative estimate of drug-likeness (QED) is 0.652. The lowest BCUT2D eigenvalue weighted by atomic mass is 9.73. The van der Waals surface area contributed by atoms with Gasteiger partial charge in [0.1, 0.15) is 0 Å². The predicted octanol–water partition coefficient (Wildman–Crippen LogP) is 2.80. The van der Waals surface area contributed by atoms with Crippen molar-refractivity contribution in [2.45, 2.75) is 47.0 Å². The Morgan fingerprint density at radius 2 is 1.91 bits per heavy atom. The van der Waals surface area contributed by atoms with E-state index < -0.39 is 0 Å². The van der Waals surface area contributed by atoms with Crippen LogP contribution in [0.4, 0.5) is 0 Å². The summed E-state index contributed by atoms with van der Waals surface area (Å²) in [6.07, 6.45) is 3.75. The molecule has 0 fully saturated rings. The molecule has 0 bridgehead atoms. The minimum Gasteiger partial charge on any atom is -0.330 e. The molecule has 0 spiro atoms. The molecule has 0 aliphatic heterocycles.